The van der Waals surface area contributed by atoms with E-state index in [4.69, 9.17) is 9.47 Å². The molecule has 4 aromatic rings. The third-order valence-corrected chi connectivity index (χ3v) is 6.76. The summed E-state index contributed by atoms with van der Waals surface area (Å²) in [6.45, 7) is 0.417. The van der Waals surface area contributed by atoms with Crippen molar-refractivity contribution in [2.75, 3.05) is 12.2 Å². The first kappa shape index (κ1) is 21.2. The van der Waals surface area contributed by atoms with E-state index in [9.17, 15) is 10.0 Å². The second kappa shape index (κ2) is 9.10. The zero-order valence-electron chi connectivity index (χ0n) is 18.1. The van der Waals surface area contributed by atoms with Gasteiger partial charge in [-0.25, -0.2) is 5.06 Å². The van der Waals surface area contributed by atoms with Crippen molar-refractivity contribution in [1.29, 1.82) is 0 Å². The summed E-state index contributed by atoms with van der Waals surface area (Å²) in [4.78, 5) is 13.7. The van der Waals surface area contributed by atoms with E-state index in [1.54, 1.807) is 7.11 Å². The minimum Gasteiger partial charge on any atom is -0.497 e. The molecule has 1 aromatic heterocycles. The minimum absolute atomic E-state index is 0.0317. The number of ether oxygens (including phenoxy) is 2. The number of ketones is 1. The number of hydrogen-bond donors (Lipinski definition) is 1. The van der Waals surface area contributed by atoms with Gasteiger partial charge < -0.3 is 9.47 Å². The molecule has 5 rings (SSSR count). The Morgan fingerprint density at radius 2 is 1.73 bits per heavy atom. The standard InChI is InChI=1S/C27H23NO4S/c1-31-20-12-13-24(32-16-18-8-4-2-5-9-18)21(14-20)22-17-33-25-15-23(29)26(28(30)27(22)25)19-10-6-3-7-11-19/h2-14,17,26,30H,15-16H2,1H3. The van der Waals surface area contributed by atoms with E-state index in [1.807, 2.05) is 84.2 Å². The topological polar surface area (TPSA) is 59.0 Å². The van der Waals surface area contributed by atoms with Gasteiger partial charge in [0.1, 0.15) is 24.1 Å². The molecule has 0 fully saturated rings. The first-order valence-electron chi connectivity index (χ1n) is 10.7. The molecular weight excluding hydrogens is 434 g/mol. The van der Waals surface area contributed by atoms with Gasteiger partial charge in [-0.3, -0.25) is 10.0 Å². The van der Waals surface area contributed by atoms with Crippen LogP contribution in [0.2, 0.25) is 0 Å². The highest BCUT2D eigenvalue weighted by Gasteiger charge is 2.37. The molecule has 2 heterocycles. The fraction of sp³-hybridized carbons (Fsp3) is 0.148. The fourth-order valence-corrected chi connectivity index (χ4v) is 5.19. The molecule has 5 nitrogen and oxygen atoms in total. The second-order valence-corrected chi connectivity index (χ2v) is 8.82. The molecule has 1 aliphatic rings. The Bertz CT molecular complexity index is 1270. The van der Waals surface area contributed by atoms with Gasteiger partial charge in [0.25, 0.3) is 0 Å². The number of thiophene rings is 1. The lowest BCUT2D eigenvalue weighted by molar-refractivity contribution is -0.121. The van der Waals surface area contributed by atoms with Crippen LogP contribution in [0.15, 0.2) is 84.2 Å². The highest BCUT2D eigenvalue weighted by molar-refractivity contribution is 7.11. The van der Waals surface area contributed by atoms with Gasteiger partial charge in [-0.05, 0) is 29.3 Å². The van der Waals surface area contributed by atoms with Crippen molar-refractivity contribution in [3.05, 3.63) is 100 Å². The van der Waals surface area contributed by atoms with E-state index in [-0.39, 0.29) is 12.2 Å². The predicted octanol–water partition coefficient (Wildman–Crippen LogP) is 6.06. The summed E-state index contributed by atoms with van der Waals surface area (Å²) < 4.78 is 11.7. The Morgan fingerprint density at radius 1 is 1.00 bits per heavy atom. The zero-order valence-corrected chi connectivity index (χ0v) is 18.9. The van der Waals surface area contributed by atoms with Gasteiger partial charge in [0.05, 0.1) is 12.8 Å². The number of methoxy groups -OCH3 is 1. The molecule has 166 valence electrons. The van der Waals surface area contributed by atoms with Crippen molar-refractivity contribution in [2.45, 2.75) is 19.1 Å². The zero-order chi connectivity index (χ0) is 22.8. The van der Waals surface area contributed by atoms with E-state index >= 15 is 0 Å². The van der Waals surface area contributed by atoms with E-state index < -0.39 is 6.04 Å². The number of carbonyl (C=O) groups is 1. The summed E-state index contributed by atoms with van der Waals surface area (Å²) in [5.41, 5.74) is 4.09. The number of fused-ring (bicyclic) bond motifs is 1. The summed E-state index contributed by atoms with van der Waals surface area (Å²) in [5, 5.41) is 14.3. The summed E-state index contributed by atoms with van der Waals surface area (Å²) in [7, 11) is 1.62. The van der Waals surface area contributed by atoms with Gasteiger partial charge in [-0.15, -0.1) is 11.3 Å². The molecule has 33 heavy (non-hydrogen) atoms. The van der Waals surface area contributed by atoms with Crippen LogP contribution in [0.5, 0.6) is 11.5 Å². The van der Waals surface area contributed by atoms with Gasteiger partial charge in [-0.1, -0.05) is 60.7 Å². The van der Waals surface area contributed by atoms with Crippen LogP contribution in [0.25, 0.3) is 11.1 Å². The van der Waals surface area contributed by atoms with Crippen molar-refractivity contribution in [3.63, 3.8) is 0 Å². The molecule has 0 bridgehead atoms. The fourth-order valence-electron chi connectivity index (χ4n) is 4.15. The maximum Gasteiger partial charge on any atom is 0.167 e. The van der Waals surface area contributed by atoms with Gasteiger partial charge in [0.15, 0.2) is 5.78 Å². The molecule has 0 amide bonds. The van der Waals surface area contributed by atoms with Gasteiger partial charge in [-0.2, -0.15) is 0 Å². The molecule has 0 radical (unpaired) electrons. The highest BCUT2D eigenvalue weighted by atomic mass is 32.1. The summed E-state index contributed by atoms with van der Waals surface area (Å²) in [6, 6.07) is 24.2. The van der Waals surface area contributed by atoms with Crippen molar-refractivity contribution >= 4 is 22.8 Å². The monoisotopic (exact) mass is 457 g/mol. The number of hydroxylamine groups is 1. The highest BCUT2D eigenvalue weighted by Crippen LogP contribution is 2.48. The number of Topliss-reactive ketones (excluding diaryl/α,β-unsaturated/α-hetero) is 1. The Balaban J connectivity index is 1.55. The first-order chi connectivity index (χ1) is 16.2. The molecule has 0 saturated carbocycles. The average Bonchev–Trinajstić information content (AvgIpc) is 3.28. The van der Waals surface area contributed by atoms with E-state index in [2.05, 4.69) is 0 Å². The van der Waals surface area contributed by atoms with Crippen LogP contribution in [0, 0.1) is 0 Å². The minimum atomic E-state index is -0.744. The Hall–Kier alpha value is -3.61. The summed E-state index contributed by atoms with van der Waals surface area (Å²) >= 11 is 1.47. The lowest BCUT2D eigenvalue weighted by atomic mass is 9.93. The average molecular weight is 458 g/mol. The molecule has 0 aliphatic carbocycles. The molecule has 0 saturated heterocycles. The van der Waals surface area contributed by atoms with Crippen LogP contribution in [0.4, 0.5) is 5.69 Å². The first-order valence-corrected chi connectivity index (χ1v) is 11.5. The number of hydrogen-bond acceptors (Lipinski definition) is 6. The molecule has 1 N–H and O–H groups in total. The van der Waals surface area contributed by atoms with Crippen LogP contribution >= 0.6 is 11.3 Å². The number of anilines is 1. The number of benzene rings is 3. The lowest BCUT2D eigenvalue weighted by Gasteiger charge is -2.32. The molecule has 6 heteroatoms. The van der Waals surface area contributed by atoms with Crippen LogP contribution in [0.3, 0.4) is 0 Å². The molecule has 1 atom stereocenters. The number of rotatable bonds is 6. The Morgan fingerprint density at radius 3 is 2.45 bits per heavy atom. The third-order valence-electron chi connectivity index (χ3n) is 5.78. The molecule has 1 unspecified atom stereocenters. The van der Waals surface area contributed by atoms with Crippen molar-refractivity contribution in [2.24, 2.45) is 0 Å². The SMILES string of the molecule is COc1ccc(OCc2ccccc2)c(-c2csc3c2N(O)C(c2ccccc2)C(=O)C3)c1. The van der Waals surface area contributed by atoms with E-state index in [0.29, 0.717) is 23.8 Å². The van der Waals surface area contributed by atoms with Gasteiger partial charge in [0.2, 0.25) is 0 Å². The van der Waals surface area contributed by atoms with Crippen LogP contribution in [-0.4, -0.2) is 18.1 Å². The lowest BCUT2D eigenvalue weighted by Crippen LogP contribution is -2.36. The maximum absolute atomic E-state index is 12.9. The Kier molecular flexibility index (Phi) is 5.86. The molecule has 3 aromatic carbocycles. The van der Waals surface area contributed by atoms with Crippen molar-refractivity contribution in [1.82, 2.24) is 0 Å². The summed E-state index contributed by atoms with van der Waals surface area (Å²) in [5.74, 6) is 1.34. The molecule has 0 spiro atoms. The van der Waals surface area contributed by atoms with Crippen molar-refractivity contribution < 1.29 is 19.5 Å². The second-order valence-electron chi connectivity index (χ2n) is 7.86. The van der Waals surface area contributed by atoms with Crippen molar-refractivity contribution in [3.8, 4) is 22.6 Å². The van der Waals surface area contributed by atoms with Crippen LogP contribution < -0.4 is 14.5 Å². The largest absolute Gasteiger partial charge is 0.497 e. The molecular formula is C27H23NO4S. The Labute approximate surface area is 196 Å². The third kappa shape index (κ3) is 4.11. The predicted molar refractivity (Wildman–Crippen MR) is 129 cm³/mol. The van der Waals surface area contributed by atoms with Crippen LogP contribution in [0.1, 0.15) is 22.0 Å². The summed E-state index contributed by atoms with van der Waals surface area (Å²) in [6.07, 6.45) is 0.279. The normalized spacial score (nSPS) is 15.3. The van der Waals surface area contributed by atoms with E-state index in [0.717, 1.165) is 32.2 Å². The smallest absolute Gasteiger partial charge is 0.167 e. The molecule has 1 aliphatic heterocycles. The van der Waals surface area contributed by atoms with E-state index in [1.165, 1.54) is 11.3 Å². The van der Waals surface area contributed by atoms with Gasteiger partial charge in [0, 0.05) is 27.8 Å². The van der Waals surface area contributed by atoms with Gasteiger partial charge >= 0.3 is 0 Å². The van der Waals surface area contributed by atoms with Crippen LogP contribution in [-0.2, 0) is 17.8 Å². The quantitative estimate of drug-likeness (QED) is 0.381. The number of nitrogens with zero attached hydrogens (tertiary/aromatic N) is 1. The number of carbonyl (C=O) groups excluding carboxylic acids is 1. The maximum atomic E-state index is 12.9.